The monoisotopic (exact) mass is 775 g/mol. The number of phenolic OH excluding ortho intramolecular Hbond substituents is 1. The van der Waals surface area contributed by atoms with Crippen LogP contribution in [0.1, 0.15) is 51.4 Å². The van der Waals surface area contributed by atoms with Crippen LogP contribution >= 0.6 is 11.8 Å². The van der Waals surface area contributed by atoms with Gasteiger partial charge in [-0.2, -0.15) is 4.68 Å². The van der Waals surface area contributed by atoms with Crippen LogP contribution in [0.15, 0.2) is 102 Å². The molecule has 0 radical (unpaired) electrons. The number of aliphatic hydroxyl groups excluding tert-OH is 1. The van der Waals surface area contributed by atoms with E-state index in [0.717, 1.165) is 11.1 Å². The number of ether oxygens (including phenoxy) is 2. The van der Waals surface area contributed by atoms with Gasteiger partial charge in [0.1, 0.15) is 11.3 Å². The van der Waals surface area contributed by atoms with Gasteiger partial charge in [-0.05, 0) is 62.5 Å². The molecule has 16 heteroatoms. The Labute approximate surface area is 314 Å². The molecule has 1 fully saturated rings. The number of hydrogen-bond acceptors (Lipinski definition) is 9. The first-order valence-corrected chi connectivity index (χ1v) is 17.8. The summed E-state index contributed by atoms with van der Waals surface area (Å²) in [6, 6.07) is 28.0. The molecule has 1 aliphatic heterocycles. The Bertz CT molecular complexity index is 2280. The van der Waals surface area contributed by atoms with Gasteiger partial charge in [-0.1, -0.05) is 84.6 Å². The van der Waals surface area contributed by atoms with Crippen molar-refractivity contribution >= 4 is 17.7 Å². The predicted molar refractivity (Wildman–Crippen MR) is 189 cm³/mol. The van der Waals surface area contributed by atoms with Crippen molar-refractivity contribution in [2.75, 3.05) is 5.75 Å². The number of aliphatic hydroxyl groups is 1. The van der Waals surface area contributed by atoms with E-state index in [1.165, 1.54) is 11.8 Å². The molecule has 1 saturated heterocycles. The summed E-state index contributed by atoms with van der Waals surface area (Å²) in [7, 11) is 0. The zero-order valence-corrected chi connectivity index (χ0v) is 29.3. The Morgan fingerprint density at radius 3 is 2.16 bits per heavy atom. The Morgan fingerprint density at radius 1 is 0.818 bits per heavy atom. The molecule has 55 heavy (non-hydrogen) atoms. The van der Waals surface area contributed by atoms with Crippen LogP contribution in [0.3, 0.4) is 0 Å². The Morgan fingerprint density at radius 2 is 1.47 bits per heavy atom. The molecule has 0 spiro atoms. The van der Waals surface area contributed by atoms with Gasteiger partial charge in [0.2, 0.25) is 11.0 Å². The number of aromatic nitrogens is 4. The minimum atomic E-state index is -2.35. The highest BCUT2D eigenvalue weighted by Crippen LogP contribution is 2.40. The number of carbonyl (C=O) groups excluding carboxylic acids is 1. The summed E-state index contributed by atoms with van der Waals surface area (Å²) >= 11 is 1.40. The average molecular weight is 776 g/mol. The van der Waals surface area contributed by atoms with E-state index in [9.17, 15) is 37.0 Å². The van der Waals surface area contributed by atoms with Crippen LogP contribution in [0, 0.1) is 29.1 Å². The van der Waals surface area contributed by atoms with E-state index in [-0.39, 0.29) is 31.1 Å². The Balaban J connectivity index is 1.09. The summed E-state index contributed by atoms with van der Waals surface area (Å²) in [5.74, 6) is -12.1. The second kappa shape index (κ2) is 16.4. The number of thioether (sulfide) groups is 1. The first-order chi connectivity index (χ1) is 26.6. The van der Waals surface area contributed by atoms with Gasteiger partial charge >= 0.3 is 0 Å². The van der Waals surface area contributed by atoms with Crippen LogP contribution in [-0.4, -0.2) is 48.2 Å². The van der Waals surface area contributed by atoms with Crippen LogP contribution < -0.4 is 5.32 Å². The summed E-state index contributed by atoms with van der Waals surface area (Å²) in [5, 5.41) is 34.1. The molecule has 282 valence electrons. The molecule has 1 amide bonds. The third-order valence-electron chi connectivity index (χ3n) is 8.94. The molecule has 1 aromatic heterocycles. The van der Waals surface area contributed by atoms with E-state index >= 15 is 0 Å². The molecular weight excluding hydrogens is 746 g/mol. The summed E-state index contributed by atoms with van der Waals surface area (Å²) in [6.45, 7) is -0.378. The predicted octanol–water partition coefficient (Wildman–Crippen LogP) is 7.49. The SMILES string of the molecule is O=C(NCc1ccccc1-c1ccc([C@H]2O[C@@H](CSc3nnnn3-c3ccc(O)cc3)C[C@@H](c3ccc(CO)cc3)O2)cc1)c1c(F)c(F)c(F)c(F)c1F. The first-order valence-electron chi connectivity index (χ1n) is 16.8. The highest BCUT2D eigenvalue weighted by atomic mass is 32.2. The van der Waals surface area contributed by atoms with E-state index in [2.05, 4.69) is 20.8 Å². The van der Waals surface area contributed by atoms with Crippen LogP contribution in [0.2, 0.25) is 0 Å². The van der Waals surface area contributed by atoms with E-state index < -0.39 is 46.8 Å². The van der Waals surface area contributed by atoms with Crippen LogP contribution in [-0.2, 0) is 22.6 Å². The van der Waals surface area contributed by atoms with Crippen molar-refractivity contribution in [2.24, 2.45) is 0 Å². The smallest absolute Gasteiger partial charge is 0.257 e. The lowest BCUT2D eigenvalue weighted by Gasteiger charge is -2.36. The van der Waals surface area contributed by atoms with E-state index in [0.29, 0.717) is 45.3 Å². The summed E-state index contributed by atoms with van der Waals surface area (Å²) < 4.78 is 84.0. The number of benzene rings is 5. The summed E-state index contributed by atoms with van der Waals surface area (Å²) in [4.78, 5) is 12.6. The highest BCUT2D eigenvalue weighted by molar-refractivity contribution is 7.99. The molecule has 6 aromatic rings. The number of rotatable bonds is 11. The van der Waals surface area contributed by atoms with Gasteiger partial charge in [-0.25, -0.2) is 22.0 Å². The topological polar surface area (TPSA) is 132 Å². The number of amides is 1. The first kappa shape index (κ1) is 37.6. The lowest BCUT2D eigenvalue weighted by molar-refractivity contribution is -0.245. The van der Waals surface area contributed by atoms with E-state index in [1.807, 2.05) is 48.5 Å². The summed E-state index contributed by atoms with van der Waals surface area (Å²) in [5.41, 5.74) is 3.30. The number of aromatic hydroxyl groups is 1. The molecule has 5 aromatic carbocycles. The molecule has 1 aliphatic rings. The summed E-state index contributed by atoms with van der Waals surface area (Å²) in [6.07, 6.45) is -0.977. The normalized spacial score (nSPS) is 16.9. The van der Waals surface area contributed by atoms with Gasteiger partial charge in [0.15, 0.2) is 29.6 Å². The molecule has 0 unspecified atom stereocenters. The third-order valence-corrected chi connectivity index (χ3v) is 9.99. The van der Waals surface area contributed by atoms with Crippen molar-refractivity contribution in [3.05, 3.63) is 154 Å². The molecule has 3 atom stereocenters. The highest BCUT2D eigenvalue weighted by Gasteiger charge is 2.33. The van der Waals surface area contributed by atoms with Gasteiger partial charge in [0.25, 0.3) is 5.91 Å². The van der Waals surface area contributed by atoms with Gasteiger partial charge in [0, 0.05) is 24.3 Å². The maximum absolute atomic E-state index is 14.3. The number of nitrogens with one attached hydrogen (secondary N) is 1. The minimum Gasteiger partial charge on any atom is -0.508 e. The lowest BCUT2D eigenvalue weighted by atomic mass is 9.97. The number of carbonyl (C=O) groups is 1. The van der Waals surface area contributed by atoms with Crippen LogP contribution in [0.5, 0.6) is 5.75 Å². The standard InChI is InChI=1S/C39H30F5N5O5S/c40-32-31(33(41)35(43)36(44)34(32)42)37(52)45-18-25-3-1-2-4-29(25)22-9-11-24(12-10-22)38-53-28(17-30(54-38)23-7-5-21(19-50)6-8-23)20-55-39-46-47-48-49(39)26-13-15-27(51)16-14-26/h1-16,28,30,38,50-51H,17-20H2,(H,45,52)/t28-,30+,38+/m1/s1. The number of nitrogens with zero attached hydrogens (tertiary/aromatic N) is 4. The lowest BCUT2D eigenvalue weighted by Crippen LogP contribution is -2.31. The van der Waals surface area contributed by atoms with Crippen LogP contribution in [0.4, 0.5) is 22.0 Å². The zero-order valence-electron chi connectivity index (χ0n) is 28.5. The molecule has 0 aliphatic carbocycles. The van der Waals surface area contributed by atoms with Crippen molar-refractivity contribution in [1.29, 1.82) is 0 Å². The molecular formula is C39H30F5N5O5S. The van der Waals surface area contributed by atoms with Gasteiger partial charge in [0.05, 0.1) is 24.5 Å². The molecule has 0 bridgehead atoms. The molecule has 7 rings (SSSR count). The number of tetrazole rings is 1. The van der Waals surface area contributed by atoms with Crippen molar-refractivity contribution in [1.82, 2.24) is 25.5 Å². The largest absolute Gasteiger partial charge is 0.508 e. The number of halogens is 5. The molecule has 0 saturated carbocycles. The quantitative estimate of drug-likeness (QED) is 0.0531. The molecule has 3 N–H and O–H groups in total. The second-order valence-electron chi connectivity index (χ2n) is 12.5. The fourth-order valence-electron chi connectivity index (χ4n) is 6.06. The van der Waals surface area contributed by atoms with Crippen molar-refractivity contribution < 1.29 is 46.4 Å². The van der Waals surface area contributed by atoms with Gasteiger partial charge < -0.3 is 25.0 Å². The van der Waals surface area contributed by atoms with E-state index in [4.69, 9.17) is 9.47 Å². The fourth-order valence-corrected chi connectivity index (χ4v) is 6.97. The van der Waals surface area contributed by atoms with Crippen molar-refractivity contribution in [3.63, 3.8) is 0 Å². The Kier molecular flexibility index (Phi) is 11.2. The maximum atomic E-state index is 14.3. The minimum absolute atomic E-state index is 0.0975. The second-order valence-corrected chi connectivity index (χ2v) is 13.4. The van der Waals surface area contributed by atoms with Crippen molar-refractivity contribution in [2.45, 2.75) is 43.2 Å². The Hall–Kier alpha value is -5.68. The zero-order chi connectivity index (χ0) is 38.6. The average Bonchev–Trinajstić information content (AvgIpc) is 3.70. The van der Waals surface area contributed by atoms with Gasteiger partial charge in [-0.3, -0.25) is 4.79 Å². The molecule has 2 heterocycles. The number of hydrogen-bond donors (Lipinski definition) is 3. The molecule has 10 nitrogen and oxygen atoms in total. The van der Waals surface area contributed by atoms with E-state index in [1.54, 1.807) is 53.2 Å². The fraction of sp³-hybridized carbons (Fsp3) is 0.179. The number of phenols is 1. The van der Waals surface area contributed by atoms with Gasteiger partial charge in [-0.15, -0.1) is 5.10 Å². The van der Waals surface area contributed by atoms with Crippen LogP contribution in [0.25, 0.3) is 16.8 Å². The maximum Gasteiger partial charge on any atom is 0.257 e. The third kappa shape index (κ3) is 8.07. The van der Waals surface area contributed by atoms with Crippen molar-refractivity contribution in [3.8, 4) is 22.6 Å².